The second kappa shape index (κ2) is 7.28. The molecule has 0 atom stereocenters. The summed E-state index contributed by atoms with van der Waals surface area (Å²) in [6.45, 7) is 5.69. The van der Waals surface area contributed by atoms with Crippen LogP contribution in [-0.2, 0) is 6.54 Å². The van der Waals surface area contributed by atoms with Crippen LogP contribution in [0.25, 0.3) is 0 Å². The summed E-state index contributed by atoms with van der Waals surface area (Å²) >= 11 is 0. The molecule has 0 amide bonds. The minimum absolute atomic E-state index is 0.871. The highest BCUT2D eigenvalue weighted by Gasteiger charge is 2.25. The molecule has 1 aliphatic heterocycles. The smallest absolute Gasteiger partial charge is 0.0366 e. The molecule has 0 bridgehead atoms. The Morgan fingerprint density at radius 1 is 1.10 bits per heavy atom. The molecule has 116 valence electrons. The van der Waals surface area contributed by atoms with Gasteiger partial charge in [-0.15, -0.1) is 0 Å². The molecule has 1 aliphatic carbocycles. The molecule has 0 unspecified atom stereocenters. The molecular weight excluding hydrogens is 258 g/mol. The number of piperidine rings is 1. The van der Waals surface area contributed by atoms with Crippen LogP contribution in [0.5, 0.6) is 0 Å². The lowest BCUT2D eigenvalue weighted by Crippen LogP contribution is -2.30. The van der Waals surface area contributed by atoms with Gasteiger partial charge in [0.2, 0.25) is 0 Å². The predicted octanol–water partition coefficient (Wildman–Crippen LogP) is 2.86. The van der Waals surface area contributed by atoms with E-state index in [1.54, 1.807) is 0 Å². The van der Waals surface area contributed by atoms with E-state index in [2.05, 4.69) is 46.4 Å². The number of benzene rings is 1. The topological polar surface area (TPSA) is 18.5 Å². The number of nitrogens with zero attached hydrogens (tertiary/aromatic N) is 2. The summed E-state index contributed by atoms with van der Waals surface area (Å²) in [5.41, 5.74) is 2.79. The Bertz CT molecular complexity index is 419. The molecule has 3 rings (SSSR count). The number of anilines is 1. The van der Waals surface area contributed by atoms with Crippen molar-refractivity contribution in [3.05, 3.63) is 29.8 Å². The third kappa shape index (κ3) is 4.45. The molecule has 2 fully saturated rings. The lowest BCUT2D eigenvalue weighted by Gasteiger charge is -2.28. The molecule has 1 saturated carbocycles. The summed E-state index contributed by atoms with van der Waals surface area (Å²) in [6.07, 6.45) is 6.88. The van der Waals surface area contributed by atoms with E-state index in [4.69, 9.17) is 0 Å². The minimum atomic E-state index is 0.871. The second-order valence-electron chi connectivity index (χ2n) is 6.60. The van der Waals surface area contributed by atoms with Gasteiger partial charge in [-0.05, 0) is 56.8 Å². The van der Waals surface area contributed by atoms with Crippen molar-refractivity contribution in [1.82, 2.24) is 10.2 Å². The van der Waals surface area contributed by atoms with Crippen molar-refractivity contribution in [3.63, 3.8) is 0 Å². The first kappa shape index (κ1) is 14.9. The van der Waals surface area contributed by atoms with Crippen LogP contribution in [0.2, 0.25) is 0 Å². The first-order valence-electron chi connectivity index (χ1n) is 8.58. The monoisotopic (exact) mass is 287 g/mol. The zero-order valence-electron chi connectivity index (χ0n) is 13.4. The average molecular weight is 287 g/mol. The summed E-state index contributed by atoms with van der Waals surface area (Å²) in [5, 5.41) is 3.56. The van der Waals surface area contributed by atoms with Gasteiger partial charge in [0.1, 0.15) is 0 Å². The van der Waals surface area contributed by atoms with Crippen molar-refractivity contribution in [2.75, 3.05) is 38.1 Å². The SMILES string of the molecule is CN(CCNCc1ccc(N2CCCCC2)cc1)C1CC1. The highest BCUT2D eigenvalue weighted by molar-refractivity contribution is 5.47. The number of nitrogens with one attached hydrogen (secondary N) is 1. The van der Waals surface area contributed by atoms with E-state index < -0.39 is 0 Å². The molecule has 1 saturated heterocycles. The zero-order chi connectivity index (χ0) is 14.5. The Hall–Kier alpha value is -1.06. The highest BCUT2D eigenvalue weighted by Crippen LogP contribution is 2.24. The van der Waals surface area contributed by atoms with Crippen molar-refractivity contribution in [2.24, 2.45) is 0 Å². The highest BCUT2D eigenvalue weighted by atomic mass is 15.2. The fraction of sp³-hybridized carbons (Fsp3) is 0.667. The lowest BCUT2D eigenvalue weighted by molar-refractivity contribution is 0.321. The van der Waals surface area contributed by atoms with E-state index in [0.717, 1.165) is 25.7 Å². The van der Waals surface area contributed by atoms with Crippen LogP contribution in [0.15, 0.2) is 24.3 Å². The predicted molar refractivity (Wildman–Crippen MR) is 89.9 cm³/mol. The van der Waals surface area contributed by atoms with E-state index in [0.29, 0.717) is 0 Å². The van der Waals surface area contributed by atoms with Gasteiger partial charge in [0, 0.05) is 44.5 Å². The molecule has 0 radical (unpaired) electrons. The van der Waals surface area contributed by atoms with Gasteiger partial charge >= 0.3 is 0 Å². The molecule has 0 spiro atoms. The standard InChI is InChI=1S/C18H29N3/c1-20(17-9-10-17)14-11-19-15-16-5-7-18(8-6-16)21-12-3-2-4-13-21/h5-8,17,19H,2-4,9-15H2,1H3. The van der Waals surface area contributed by atoms with Gasteiger partial charge in [-0.3, -0.25) is 0 Å². The summed E-state index contributed by atoms with van der Waals surface area (Å²) < 4.78 is 0. The van der Waals surface area contributed by atoms with Crippen LogP contribution >= 0.6 is 0 Å². The average Bonchev–Trinajstić information content (AvgIpc) is 3.38. The second-order valence-corrected chi connectivity index (χ2v) is 6.60. The zero-order valence-corrected chi connectivity index (χ0v) is 13.4. The maximum atomic E-state index is 3.56. The van der Waals surface area contributed by atoms with Crippen LogP contribution in [0.3, 0.4) is 0 Å². The molecule has 3 nitrogen and oxygen atoms in total. The lowest BCUT2D eigenvalue weighted by atomic mass is 10.1. The first-order valence-corrected chi connectivity index (χ1v) is 8.58. The van der Waals surface area contributed by atoms with Crippen molar-refractivity contribution in [3.8, 4) is 0 Å². The summed E-state index contributed by atoms with van der Waals surface area (Å²) in [7, 11) is 2.24. The normalized spacial score (nSPS) is 19.2. The molecule has 1 N–H and O–H groups in total. The summed E-state index contributed by atoms with van der Waals surface area (Å²) in [4.78, 5) is 5.00. The van der Waals surface area contributed by atoms with Gasteiger partial charge in [-0.2, -0.15) is 0 Å². The van der Waals surface area contributed by atoms with Crippen LogP contribution < -0.4 is 10.2 Å². The number of rotatable bonds is 7. The minimum Gasteiger partial charge on any atom is -0.372 e. The van der Waals surface area contributed by atoms with Crippen molar-refractivity contribution >= 4 is 5.69 Å². The maximum Gasteiger partial charge on any atom is 0.0366 e. The fourth-order valence-corrected chi connectivity index (χ4v) is 3.16. The third-order valence-corrected chi connectivity index (χ3v) is 4.80. The Kier molecular flexibility index (Phi) is 5.15. The Morgan fingerprint density at radius 3 is 2.48 bits per heavy atom. The van der Waals surface area contributed by atoms with Gasteiger partial charge in [0.05, 0.1) is 0 Å². The van der Waals surface area contributed by atoms with Crippen molar-refractivity contribution in [1.29, 1.82) is 0 Å². The third-order valence-electron chi connectivity index (χ3n) is 4.80. The molecule has 1 aromatic rings. The molecule has 0 aromatic heterocycles. The molecule has 3 heteroatoms. The number of hydrogen-bond acceptors (Lipinski definition) is 3. The van der Waals surface area contributed by atoms with Gasteiger partial charge in [0.15, 0.2) is 0 Å². The van der Waals surface area contributed by atoms with E-state index in [1.807, 2.05) is 0 Å². The Balaban J connectivity index is 1.39. The van der Waals surface area contributed by atoms with Crippen molar-refractivity contribution < 1.29 is 0 Å². The fourth-order valence-electron chi connectivity index (χ4n) is 3.16. The van der Waals surface area contributed by atoms with E-state index in [9.17, 15) is 0 Å². The van der Waals surface area contributed by atoms with E-state index in [-0.39, 0.29) is 0 Å². The van der Waals surface area contributed by atoms with Crippen LogP contribution in [-0.4, -0.2) is 44.2 Å². The number of likely N-dealkylation sites (N-methyl/N-ethyl adjacent to an activating group) is 1. The summed E-state index contributed by atoms with van der Waals surface area (Å²) in [5.74, 6) is 0. The Labute approximate surface area is 129 Å². The van der Waals surface area contributed by atoms with E-state index >= 15 is 0 Å². The molecule has 1 heterocycles. The first-order chi connectivity index (χ1) is 10.3. The van der Waals surface area contributed by atoms with Crippen LogP contribution in [0.1, 0.15) is 37.7 Å². The van der Waals surface area contributed by atoms with Crippen LogP contribution in [0, 0.1) is 0 Å². The maximum absolute atomic E-state index is 3.56. The number of hydrogen-bond donors (Lipinski definition) is 1. The molecule has 2 aliphatic rings. The van der Waals surface area contributed by atoms with Gasteiger partial charge in [-0.1, -0.05) is 12.1 Å². The molecule has 21 heavy (non-hydrogen) atoms. The van der Waals surface area contributed by atoms with Gasteiger partial charge < -0.3 is 15.1 Å². The van der Waals surface area contributed by atoms with E-state index in [1.165, 1.54) is 56.4 Å². The van der Waals surface area contributed by atoms with Gasteiger partial charge in [-0.25, -0.2) is 0 Å². The molecule has 1 aromatic carbocycles. The Morgan fingerprint density at radius 2 is 1.81 bits per heavy atom. The van der Waals surface area contributed by atoms with Crippen LogP contribution in [0.4, 0.5) is 5.69 Å². The van der Waals surface area contributed by atoms with Gasteiger partial charge in [0.25, 0.3) is 0 Å². The molecular formula is C18H29N3. The largest absolute Gasteiger partial charge is 0.372 e. The summed E-state index contributed by atoms with van der Waals surface area (Å²) in [6, 6.07) is 10.0. The quantitative estimate of drug-likeness (QED) is 0.778. The van der Waals surface area contributed by atoms with Crippen molar-refractivity contribution in [2.45, 2.75) is 44.7 Å².